The summed E-state index contributed by atoms with van der Waals surface area (Å²) < 4.78 is 11.9. The van der Waals surface area contributed by atoms with E-state index in [4.69, 9.17) is 25.7 Å². The number of ether oxygens (including phenoxy) is 1. The Hall–Kier alpha value is -2.25. The van der Waals surface area contributed by atoms with Crippen molar-refractivity contribution in [2.75, 3.05) is 7.11 Å². The summed E-state index contributed by atoms with van der Waals surface area (Å²) in [6.07, 6.45) is 6.80. The minimum absolute atomic E-state index is 0.0403. The van der Waals surface area contributed by atoms with Crippen molar-refractivity contribution in [2.24, 2.45) is 0 Å². The number of hydrogen-bond acceptors (Lipinski definition) is 6. The fraction of sp³-hybridized carbons (Fsp3) is 0.381. The quantitative estimate of drug-likeness (QED) is 0.312. The van der Waals surface area contributed by atoms with Gasteiger partial charge in [0.1, 0.15) is 0 Å². The van der Waals surface area contributed by atoms with Gasteiger partial charge in [0.25, 0.3) is 5.56 Å². The molecule has 1 aliphatic rings. The van der Waals surface area contributed by atoms with E-state index in [1.54, 1.807) is 24.3 Å². The number of nitrogens with zero attached hydrogens (tertiary/aromatic N) is 2. The van der Waals surface area contributed by atoms with Crippen LogP contribution in [0.3, 0.4) is 0 Å². The first-order valence-corrected chi connectivity index (χ1v) is 10.9. The molecule has 6 nitrogen and oxygen atoms in total. The highest BCUT2D eigenvalue weighted by Gasteiger charge is 2.23. The van der Waals surface area contributed by atoms with E-state index < -0.39 is 5.97 Å². The summed E-state index contributed by atoms with van der Waals surface area (Å²) in [6.45, 7) is 0. The van der Waals surface area contributed by atoms with Crippen molar-refractivity contribution < 1.29 is 13.9 Å². The number of carbonyl (C=O) groups is 1. The number of rotatable bonds is 5. The predicted octanol–water partition coefficient (Wildman–Crippen LogP) is 5.23. The molecule has 2 aromatic heterocycles. The van der Waals surface area contributed by atoms with E-state index >= 15 is 0 Å². The van der Waals surface area contributed by atoms with Crippen LogP contribution in [0, 0.1) is 0 Å². The fourth-order valence-electron chi connectivity index (χ4n) is 3.78. The molecule has 4 rings (SSSR count). The van der Waals surface area contributed by atoms with Gasteiger partial charge in [-0.25, -0.2) is 9.78 Å². The first-order chi connectivity index (χ1) is 14.1. The fourth-order valence-corrected chi connectivity index (χ4v) is 4.99. The Bertz CT molecular complexity index is 1100. The molecule has 0 amide bonds. The average Bonchev–Trinajstić information content (AvgIpc) is 3.20. The van der Waals surface area contributed by atoms with Gasteiger partial charge in [0.15, 0.2) is 5.16 Å². The first-order valence-electron chi connectivity index (χ1n) is 9.57. The molecule has 29 heavy (non-hydrogen) atoms. The second-order valence-electron chi connectivity index (χ2n) is 7.08. The number of esters is 1. The number of halogens is 1. The van der Waals surface area contributed by atoms with Gasteiger partial charge in [-0.1, -0.05) is 42.6 Å². The van der Waals surface area contributed by atoms with Crippen molar-refractivity contribution >= 4 is 40.2 Å². The Labute approximate surface area is 177 Å². The molecule has 0 bridgehead atoms. The van der Waals surface area contributed by atoms with E-state index in [0.717, 1.165) is 25.7 Å². The van der Waals surface area contributed by atoms with Crippen molar-refractivity contribution in [3.05, 3.63) is 57.2 Å². The summed E-state index contributed by atoms with van der Waals surface area (Å²) in [7, 11) is 1.32. The molecule has 1 fully saturated rings. The minimum atomic E-state index is -0.520. The van der Waals surface area contributed by atoms with Gasteiger partial charge in [0.2, 0.25) is 5.76 Å². The third-order valence-electron chi connectivity index (χ3n) is 5.25. The largest absolute Gasteiger partial charge is 0.463 e. The molecule has 2 heterocycles. The highest BCUT2D eigenvalue weighted by molar-refractivity contribution is 7.98. The molecular weight excluding hydrogens is 412 g/mol. The number of fused-ring (bicyclic) bond motifs is 1. The van der Waals surface area contributed by atoms with Crippen molar-refractivity contribution in [1.82, 2.24) is 9.55 Å². The Morgan fingerprint density at radius 2 is 2.10 bits per heavy atom. The van der Waals surface area contributed by atoms with Gasteiger partial charge in [-0.2, -0.15) is 0 Å². The van der Waals surface area contributed by atoms with E-state index in [9.17, 15) is 9.59 Å². The normalized spacial score (nSPS) is 15.0. The number of thioether (sulfide) groups is 1. The van der Waals surface area contributed by atoms with Gasteiger partial charge in [-0.15, -0.1) is 0 Å². The summed E-state index contributed by atoms with van der Waals surface area (Å²) >= 11 is 7.54. The van der Waals surface area contributed by atoms with Crippen LogP contribution in [-0.2, 0) is 10.5 Å². The highest BCUT2D eigenvalue weighted by Crippen LogP contribution is 2.33. The Morgan fingerprint density at radius 1 is 1.31 bits per heavy atom. The number of benzene rings is 1. The van der Waals surface area contributed by atoms with Crippen LogP contribution in [0.25, 0.3) is 10.9 Å². The van der Waals surface area contributed by atoms with Crippen molar-refractivity contribution in [2.45, 2.75) is 49.1 Å². The molecule has 0 atom stereocenters. The Balaban J connectivity index is 1.74. The average molecular weight is 433 g/mol. The lowest BCUT2D eigenvalue weighted by Gasteiger charge is -2.26. The van der Waals surface area contributed by atoms with Crippen LogP contribution in [0.5, 0.6) is 0 Å². The van der Waals surface area contributed by atoms with Gasteiger partial charge >= 0.3 is 5.97 Å². The second kappa shape index (κ2) is 8.63. The lowest BCUT2D eigenvalue weighted by atomic mass is 9.95. The molecule has 0 N–H and O–H groups in total. The lowest BCUT2D eigenvalue weighted by molar-refractivity contribution is 0.0564. The van der Waals surface area contributed by atoms with E-state index in [1.807, 2.05) is 4.57 Å². The third kappa shape index (κ3) is 4.07. The zero-order valence-electron chi connectivity index (χ0n) is 16.0. The molecule has 0 aliphatic heterocycles. The second-order valence-corrected chi connectivity index (χ2v) is 8.46. The van der Waals surface area contributed by atoms with Crippen LogP contribution >= 0.6 is 23.4 Å². The van der Waals surface area contributed by atoms with Gasteiger partial charge in [0, 0.05) is 22.4 Å². The van der Waals surface area contributed by atoms with E-state index in [0.29, 0.717) is 32.4 Å². The van der Waals surface area contributed by atoms with Crippen LogP contribution in [0.15, 0.2) is 44.9 Å². The van der Waals surface area contributed by atoms with Crippen LogP contribution in [-0.4, -0.2) is 22.6 Å². The van der Waals surface area contributed by atoms with Gasteiger partial charge in [0.05, 0.1) is 24.3 Å². The number of hydrogen-bond donors (Lipinski definition) is 0. The monoisotopic (exact) mass is 432 g/mol. The summed E-state index contributed by atoms with van der Waals surface area (Å²) in [5.74, 6) is 0.0931. The molecule has 1 aromatic carbocycles. The standard InChI is InChI=1S/C21H21ClN2O4S/c1-27-20(26)18-13(9-10-28-18)12-29-21-23-17-11-14(22)7-8-16(17)19(25)24(21)15-5-3-2-4-6-15/h7-11,15H,2-6,12H2,1H3. The number of methoxy groups -OCH3 is 1. The zero-order chi connectivity index (χ0) is 20.4. The maximum Gasteiger partial charge on any atom is 0.374 e. The van der Waals surface area contributed by atoms with E-state index in [2.05, 4.69) is 0 Å². The predicted molar refractivity (Wildman–Crippen MR) is 113 cm³/mol. The maximum atomic E-state index is 13.3. The highest BCUT2D eigenvalue weighted by atomic mass is 35.5. The van der Waals surface area contributed by atoms with Crippen LogP contribution in [0.1, 0.15) is 54.3 Å². The molecule has 0 spiro atoms. The van der Waals surface area contributed by atoms with Crippen molar-refractivity contribution in [3.8, 4) is 0 Å². The van der Waals surface area contributed by atoms with Crippen LogP contribution < -0.4 is 5.56 Å². The topological polar surface area (TPSA) is 74.3 Å². The third-order valence-corrected chi connectivity index (χ3v) is 6.48. The molecule has 1 saturated carbocycles. The van der Waals surface area contributed by atoms with E-state index in [-0.39, 0.29) is 17.4 Å². The maximum absolute atomic E-state index is 13.3. The number of carbonyl (C=O) groups excluding carboxylic acids is 1. The number of aromatic nitrogens is 2. The number of furan rings is 1. The molecule has 0 unspecified atom stereocenters. The van der Waals surface area contributed by atoms with Crippen molar-refractivity contribution in [3.63, 3.8) is 0 Å². The van der Waals surface area contributed by atoms with Gasteiger partial charge in [-0.05, 0) is 37.1 Å². The van der Waals surface area contributed by atoms with Crippen molar-refractivity contribution in [1.29, 1.82) is 0 Å². The zero-order valence-corrected chi connectivity index (χ0v) is 17.6. The summed E-state index contributed by atoms with van der Waals surface area (Å²) in [5.41, 5.74) is 1.25. The minimum Gasteiger partial charge on any atom is -0.463 e. The summed E-state index contributed by atoms with van der Waals surface area (Å²) in [6, 6.07) is 7.05. The summed E-state index contributed by atoms with van der Waals surface area (Å²) in [4.78, 5) is 30.0. The lowest BCUT2D eigenvalue weighted by Crippen LogP contribution is -2.29. The SMILES string of the molecule is COC(=O)c1occc1CSc1nc2cc(Cl)ccc2c(=O)n1C1CCCCC1. The molecule has 8 heteroatoms. The summed E-state index contributed by atoms with van der Waals surface area (Å²) in [5, 5.41) is 1.75. The molecule has 0 saturated heterocycles. The Kier molecular flexibility index (Phi) is 5.96. The van der Waals surface area contributed by atoms with Crippen LogP contribution in [0.2, 0.25) is 5.02 Å². The molecular formula is C21H21ClN2O4S. The van der Waals surface area contributed by atoms with Crippen LogP contribution in [0.4, 0.5) is 0 Å². The molecule has 1 aliphatic carbocycles. The smallest absolute Gasteiger partial charge is 0.374 e. The molecule has 0 radical (unpaired) electrons. The Morgan fingerprint density at radius 3 is 2.86 bits per heavy atom. The van der Waals surface area contributed by atoms with Gasteiger partial charge in [-0.3, -0.25) is 9.36 Å². The van der Waals surface area contributed by atoms with E-state index in [1.165, 1.54) is 31.6 Å². The molecule has 152 valence electrons. The molecule has 3 aromatic rings. The van der Waals surface area contributed by atoms with Gasteiger partial charge < -0.3 is 9.15 Å². The first kappa shape index (κ1) is 20.0.